The summed E-state index contributed by atoms with van der Waals surface area (Å²) < 4.78 is 0. The van der Waals surface area contributed by atoms with Crippen molar-refractivity contribution < 1.29 is 0 Å². The number of hydrogen-bond donors (Lipinski definition) is 2. The van der Waals surface area contributed by atoms with Gasteiger partial charge < -0.3 is 10.6 Å². The fourth-order valence-electron chi connectivity index (χ4n) is 3.50. The fraction of sp³-hybridized carbons (Fsp3) is 0.786. The first kappa shape index (κ1) is 12.6. The molecule has 4 heteroatoms. The third-order valence-corrected chi connectivity index (χ3v) is 5.33. The van der Waals surface area contributed by atoms with Crippen LogP contribution >= 0.6 is 11.3 Å². The van der Waals surface area contributed by atoms with Gasteiger partial charge in [0.15, 0.2) is 0 Å². The molecule has 0 radical (unpaired) electrons. The summed E-state index contributed by atoms with van der Waals surface area (Å²) >= 11 is 1.78. The molecule has 2 N–H and O–H groups in total. The molecular weight excluding hydrogens is 242 g/mol. The SMILES string of the molecule is Cc1csc(CNC2CCCC2C2CCCN2)n1. The van der Waals surface area contributed by atoms with Crippen LogP contribution in [0.3, 0.4) is 0 Å². The molecule has 1 aromatic heterocycles. The van der Waals surface area contributed by atoms with Crippen LogP contribution in [0.25, 0.3) is 0 Å². The molecule has 1 aliphatic heterocycles. The average molecular weight is 265 g/mol. The third-order valence-electron chi connectivity index (χ3n) is 4.37. The number of aryl methyl sites for hydroxylation is 1. The quantitative estimate of drug-likeness (QED) is 0.878. The molecule has 0 spiro atoms. The molecule has 1 aliphatic carbocycles. The lowest BCUT2D eigenvalue weighted by molar-refractivity contribution is 0.320. The molecule has 1 aromatic rings. The largest absolute Gasteiger partial charge is 0.314 e. The van der Waals surface area contributed by atoms with Crippen molar-refractivity contribution in [3.63, 3.8) is 0 Å². The Hall–Kier alpha value is -0.450. The van der Waals surface area contributed by atoms with Gasteiger partial charge in [0.05, 0.1) is 0 Å². The first-order valence-electron chi connectivity index (χ1n) is 7.21. The van der Waals surface area contributed by atoms with E-state index in [9.17, 15) is 0 Å². The second kappa shape index (κ2) is 5.68. The van der Waals surface area contributed by atoms with Crippen LogP contribution in [0.2, 0.25) is 0 Å². The van der Waals surface area contributed by atoms with Crippen molar-refractivity contribution in [2.24, 2.45) is 5.92 Å². The van der Waals surface area contributed by atoms with Gasteiger partial charge in [-0.1, -0.05) is 6.42 Å². The fourth-order valence-corrected chi connectivity index (χ4v) is 4.23. The first-order valence-corrected chi connectivity index (χ1v) is 8.08. The molecule has 1 saturated heterocycles. The van der Waals surface area contributed by atoms with Crippen molar-refractivity contribution in [3.05, 3.63) is 16.1 Å². The Morgan fingerprint density at radius 1 is 1.39 bits per heavy atom. The Bertz CT molecular complexity index is 384. The van der Waals surface area contributed by atoms with Crippen LogP contribution in [-0.4, -0.2) is 23.6 Å². The van der Waals surface area contributed by atoms with Gasteiger partial charge in [0.25, 0.3) is 0 Å². The second-order valence-corrected chi connectivity index (χ2v) is 6.61. The molecule has 3 nitrogen and oxygen atoms in total. The molecule has 3 rings (SSSR count). The molecule has 0 amide bonds. The molecule has 3 atom stereocenters. The van der Waals surface area contributed by atoms with Gasteiger partial charge in [-0.2, -0.15) is 0 Å². The molecule has 3 unspecified atom stereocenters. The van der Waals surface area contributed by atoms with Crippen molar-refractivity contribution in [3.8, 4) is 0 Å². The summed E-state index contributed by atoms with van der Waals surface area (Å²) in [5, 5.41) is 10.8. The molecule has 100 valence electrons. The van der Waals surface area contributed by atoms with E-state index < -0.39 is 0 Å². The van der Waals surface area contributed by atoms with E-state index in [-0.39, 0.29) is 0 Å². The van der Waals surface area contributed by atoms with E-state index in [4.69, 9.17) is 0 Å². The van der Waals surface area contributed by atoms with E-state index in [1.807, 2.05) is 0 Å². The van der Waals surface area contributed by atoms with Gasteiger partial charge in [-0.3, -0.25) is 0 Å². The van der Waals surface area contributed by atoms with Crippen molar-refractivity contribution in [1.29, 1.82) is 0 Å². The van der Waals surface area contributed by atoms with Gasteiger partial charge in [0, 0.05) is 29.7 Å². The van der Waals surface area contributed by atoms with Gasteiger partial charge in [-0.05, 0) is 45.1 Å². The minimum Gasteiger partial charge on any atom is -0.314 e. The van der Waals surface area contributed by atoms with Crippen molar-refractivity contribution in [2.75, 3.05) is 6.54 Å². The maximum Gasteiger partial charge on any atom is 0.107 e. The van der Waals surface area contributed by atoms with Crippen LogP contribution in [0, 0.1) is 12.8 Å². The molecule has 2 aliphatic rings. The van der Waals surface area contributed by atoms with E-state index in [1.54, 1.807) is 11.3 Å². The van der Waals surface area contributed by atoms with E-state index in [0.29, 0.717) is 6.04 Å². The zero-order valence-corrected chi connectivity index (χ0v) is 11.9. The van der Waals surface area contributed by atoms with Crippen LogP contribution in [0.1, 0.15) is 42.8 Å². The van der Waals surface area contributed by atoms with Crippen LogP contribution in [0.5, 0.6) is 0 Å². The van der Waals surface area contributed by atoms with Crippen molar-refractivity contribution in [1.82, 2.24) is 15.6 Å². The summed E-state index contributed by atoms with van der Waals surface area (Å²) in [6.45, 7) is 4.24. The van der Waals surface area contributed by atoms with Crippen molar-refractivity contribution >= 4 is 11.3 Å². The highest BCUT2D eigenvalue weighted by Gasteiger charge is 2.34. The minimum atomic E-state index is 0.699. The maximum absolute atomic E-state index is 4.53. The van der Waals surface area contributed by atoms with E-state index in [2.05, 4.69) is 27.9 Å². The number of nitrogens with zero attached hydrogens (tertiary/aromatic N) is 1. The minimum absolute atomic E-state index is 0.699. The van der Waals surface area contributed by atoms with Gasteiger partial charge in [-0.25, -0.2) is 4.98 Å². The second-order valence-electron chi connectivity index (χ2n) is 5.67. The van der Waals surface area contributed by atoms with Gasteiger partial charge >= 0.3 is 0 Å². The first-order chi connectivity index (χ1) is 8.83. The van der Waals surface area contributed by atoms with Gasteiger partial charge in [0.2, 0.25) is 0 Å². The number of rotatable bonds is 4. The summed E-state index contributed by atoms with van der Waals surface area (Å²) in [5.74, 6) is 0.841. The summed E-state index contributed by atoms with van der Waals surface area (Å²) in [6, 6.07) is 1.47. The number of hydrogen-bond acceptors (Lipinski definition) is 4. The molecular formula is C14H23N3S. The Morgan fingerprint density at radius 2 is 2.33 bits per heavy atom. The Kier molecular flexibility index (Phi) is 3.97. The predicted molar refractivity (Wildman–Crippen MR) is 75.8 cm³/mol. The van der Waals surface area contributed by atoms with E-state index in [0.717, 1.165) is 24.2 Å². The van der Waals surface area contributed by atoms with Crippen LogP contribution in [-0.2, 0) is 6.54 Å². The lowest BCUT2D eigenvalue weighted by Gasteiger charge is -2.26. The molecule has 18 heavy (non-hydrogen) atoms. The summed E-state index contributed by atoms with van der Waals surface area (Å²) in [7, 11) is 0. The maximum atomic E-state index is 4.53. The normalized spacial score (nSPS) is 32.2. The topological polar surface area (TPSA) is 37.0 Å². The highest BCUT2D eigenvalue weighted by molar-refractivity contribution is 7.09. The van der Waals surface area contributed by atoms with Crippen molar-refractivity contribution in [2.45, 2.75) is 57.7 Å². The Morgan fingerprint density at radius 3 is 3.06 bits per heavy atom. The number of aromatic nitrogens is 1. The highest BCUT2D eigenvalue weighted by Crippen LogP contribution is 2.32. The summed E-state index contributed by atoms with van der Waals surface area (Å²) in [6.07, 6.45) is 6.86. The molecule has 0 bridgehead atoms. The number of thiazole rings is 1. The Labute approximate surface area is 113 Å². The highest BCUT2D eigenvalue weighted by atomic mass is 32.1. The molecule has 2 heterocycles. The zero-order chi connectivity index (χ0) is 12.4. The monoisotopic (exact) mass is 265 g/mol. The van der Waals surface area contributed by atoms with E-state index >= 15 is 0 Å². The van der Waals surface area contributed by atoms with Gasteiger partial charge in [-0.15, -0.1) is 11.3 Å². The average Bonchev–Trinajstić information content (AvgIpc) is 3.07. The lowest BCUT2D eigenvalue weighted by atomic mass is 9.93. The van der Waals surface area contributed by atoms with Crippen LogP contribution < -0.4 is 10.6 Å². The molecule has 2 fully saturated rings. The standard InChI is InChI=1S/C14H23N3S/c1-10-9-18-14(17-10)8-16-13-5-2-4-11(13)12-6-3-7-15-12/h9,11-13,15-16H,2-8H2,1H3. The third kappa shape index (κ3) is 2.76. The Balaban J connectivity index is 1.54. The predicted octanol–water partition coefficient (Wildman–Crippen LogP) is 2.46. The molecule has 0 aromatic carbocycles. The van der Waals surface area contributed by atoms with E-state index in [1.165, 1.54) is 43.7 Å². The smallest absolute Gasteiger partial charge is 0.107 e. The summed E-state index contributed by atoms with van der Waals surface area (Å²) in [5.41, 5.74) is 1.15. The number of nitrogens with one attached hydrogen (secondary N) is 2. The van der Waals surface area contributed by atoms with Crippen LogP contribution in [0.15, 0.2) is 5.38 Å². The lowest BCUT2D eigenvalue weighted by Crippen LogP contribution is -2.41. The molecule has 1 saturated carbocycles. The van der Waals surface area contributed by atoms with Crippen LogP contribution in [0.4, 0.5) is 0 Å². The zero-order valence-electron chi connectivity index (χ0n) is 11.1. The van der Waals surface area contributed by atoms with Gasteiger partial charge in [0.1, 0.15) is 5.01 Å². The summed E-state index contributed by atoms with van der Waals surface area (Å²) in [4.78, 5) is 4.53.